The number of carboxylic acid groups (broad SMARTS) is 1. The highest BCUT2D eigenvalue weighted by atomic mass is 16.4. The fourth-order valence-corrected chi connectivity index (χ4v) is 3.06. The first-order chi connectivity index (χ1) is 12.0. The number of carbonyl (C=O) groups excluding carboxylic acids is 1. The van der Waals surface area contributed by atoms with Gasteiger partial charge in [-0.3, -0.25) is 9.69 Å². The predicted octanol–water partition coefficient (Wildman–Crippen LogP) is 1.36. The van der Waals surface area contributed by atoms with Crippen LogP contribution in [0.25, 0.3) is 0 Å². The zero-order valence-electron chi connectivity index (χ0n) is 14.9. The lowest BCUT2D eigenvalue weighted by Crippen LogP contribution is -2.56. The molecule has 1 aromatic rings. The molecule has 0 spiro atoms. The van der Waals surface area contributed by atoms with Crippen LogP contribution in [-0.2, 0) is 4.79 Å². The highest BCUT2D eigenvalue weighted by Crippen LogP contribution is 2.25. The van der Waals surface area contributed by atoms with Gasteiger partial charge >= 0.3 is 12.0 Å². The van der Waals surface area contributed by atoms with E-state index < -0.39 is 5.97 Å². The fourth-order valence-electron chi connectivity index (χ4n) is 3.06. The van der Waals surface area contributed by atoms with Crippen molar-refractivity contribution in [2.24, 2.45) is 0 Å². The van der Waals surface area contributed by atoms with E-state index in [-0.39, 0.29) is 24.7 Å². The predicted molar refractivity (Wildman–Crippen MR) is 97.9 cm³/mol. The van der Waals surface area contributed by atoms with Gasteiger partial charge < -0.3 is 20.6 Å². The topological polar surface area (TPSA) is 84.9 Å². The number of rotatable bonds is 9. The van der Waals surface area contributed by atoms with Gasteiger partial charge in [0.1, 0.15) is 0 Å². The number of hydrogen-bond donors (Lipinski definition) is 3. The van der Waals surface area contributed by atoms with Crippen molar-refractivity contribution in [2.75, 3.05) is 38.1 Å². The molecular weight excluding hydrogens is 320 g/mol. The smallest absolute Gasteiger partial charge is 0.317 e. The van der Waals surface area contributed by atoms with E-state index in [9.17, 15) is 9.59 Å². The van der Waals surface area contributed by atoms with Crippen LogP contribution >= 0.6 is 0 Å². The van der Waals surface area contributed by atoms with E-state index in [0.29, 0.717) is 13.1 Å². The second kappa shape index (κ2) is 9.27. The van der Waals surface area contributed by atoms with Crippen molar-refractivity contribution in [2.45, 2.75) is 31.8 Å². The highest BCUT2D eigenvalue weighted by Gasteiger charge is 2.34. The van der Waals surface area contributed by atoms with Crippen LogP contribution in [0.2, 0.25) is 0 Å². The number of benzene rings is 1. The SMILES string of the molecule is CCN(CC(=O)O)C1CC(NC(=O)NCCN(C)c2ccccc2)C1. The van der Waals surface area contributed by atoms with Crippen molar-refractivity contribution in [3.05, 3.63) is 30.3 Å². The summed E-state index contributed by atoms with van der Waals surface area (Å²) < 4.78 is 0. The molecule has 0 aromatic heterocycles. The quantitative estimate of drug-likeness (QED) is 0.627. The Bertz CT molecular complexity index is 561. The molecule has 0 heterocycles. The molecule has 0 aliphatic heterocycles. The number of aliphatic carboxylic acids is 1. The van der Waals surface area contributed by atoms with Gasteiger partial charge in [-0.1, -0.05) is 25.1 Å². The molecule has 1 aliphatic rings. The maximum atomic E-state index is 11.9. The molecule has 25 heavy (non-hydrogen) atoms. The molecule has 0 bridgehead atoms. The van der Waals surface area contributed by atoms with Crippen molar-refractivity contribution in [3.8, 4) is 0 Å². The lowest BCUT2D eigenvalue weighted by Gasteiger charge is -2.42. The highest BCUT2D eigenvalue weighted by molar-refractivity contribution is 5.74. The molecule has 0 atom stereocenters. The van der Waals surface area contributed by atoms with Crippen molar-refractivity contribution in [1.82, 2.24) is 15.5 Å². The number of carbonyl (C=O) groups is 2. The first-order valence-electron chi connectivity index (χ1n) is 8.76. The van der Waals surface area contributed by atoms with E-state index >= 15 is 0 Å². The van der Waals surface area contributed by atoms with Gasteiger partial charge in [-0.25, -0.2) is 4.79 Å². The third kappa shape index (κ3) is 5.94. The van der Waals surface area contributed by atoms with Crippen molar-refractivity contribution >= 4 is 17.7 Å². The minimum atomic E-state index is -0.807. The van der Waals surface area contributed by atoms with E-state index in [4.69, 9.17) is 5.11 Å². The second-order valence-corrected chi connectivity index (χ2v) is 6.44. The Hall–Kier alpha value is -2.28. The van der Waals surface area contributed by atoms with Gasteiger partial charge in [-0.15, -0.1) is 0 Å². The third-order valence-corrected chi connectivity index (χ3v) is 4.64. The molecule has 2 rings (SSSR count). The van der Waals surface area contributed by atoms with E-state index in [0.717, 1.165) is 25.1 Å². The molecule has 1 aromatic carbocycles. The Morgan fingerprint density at radius 3 is 2.52 bits per heavy atom. The lowest BCUT2D eigenvalue weighted by atomic mass is 9.85. The molecule has 1 saturated carbocycles. The van der Waals surface area contributed by atoms with Crippen LogP contribution in [0.15, 0.2) is 30.3 Å². The zero-order chi connectivity index (χ0) is 18.2. The summed E-state index contributed by atoms with van der Waals surface area (Å²) in [4.78, 5) is 26.8. The van der Waals surface area contributed by atoms with Gasteiger partial charge in [0.25, 0.3) is 0 Å². The van der Waals surface area contributed by atoms with Gasteiger partial charge in [-0.05, 0) is 31.5 Å². The molecule has 1 aliphatic carbocycles. The maximum Gasteiger partial charge on any atom is 0.317 e. The van der Waals surface area contributed by atoms with E-state index in [2.05, 4.69) is 15.5 Å². The average Bonchev–Trinajstić information content (AvgIpc) is 2.56. The Balaban J connectivity index is 1.61. The van der Waals surface area contributed by atoms with Crippen LogP contribution in [0.4, 0.5) is 10.5 Å². The third-order valence-electron chi connectivity index (χ3n) is 4.64. The molecule has 0 radical (unpaired) electrons. The van der Waals surface area contributed by atoms with Crippen molar-refractivity contribution in [3.63, 3.8) is 0 Å². The molecule has 3 N–H and O–H groups in total. The van der Waals surface area contributed by atoms with Gasteiger partial charge in [0.15, 0.2) is 0 Å². The number of amides is 2. The molecule has 2 amide bonds. The summed E-state index contributed by atoms with van der Waals surface area (Å²) in [5, 5.41) is 14.7. The number of para-hydroxylation sites is 1. The van der Waals surface area contributed by atoms with Crippen LogP contribution in [0.1, 0.15) is 19.8 Å². The summed E-state index contributed by atoms with van der Waals surface area (Å²) in [5.41, 5.74) is 1.12. The Kier molecular flexibility index (Phi) is 7.06. The van der Waals surface area contributed by atoms with Crippen molar-refractivity contribution in [1.29, 1.82) is 0 Å². The Morgan fingerprint density at radius 1 is 1.24 bits per heavy atom. The number of hydrogen-bond acceptors (Lipinski definition) is 4. The lowest BCUT2D eigenvalue weighted by molar-refractivity contribution is -0.139. The van der Waals surface area contributed by atoms with E-state index in [1.807, 2.05) is 49.2 Å². The molecule has 7 heteroatoms. The van der Waals surface area contributed by atoms with Crippen LogP contribution in [0.5, 0.6) is 0 Å². The zero-order valence-corrected chi connectivity index (χ0v) is 14.9. The first kappa shape index (κ1) is 19.1. The number of nitrogens with zero attached hydrogens (tertiary/aromatic N) is 2. The number of carboxylic acids is 1. The fraction of sp³-hybridized carbons (Fsp3) is 0.556. The van der Waals surface area contributed by atoms with Crippen LogP contribution < -0.4 is 15.5 Å². The van der Waals surface area contributed by atoms with Crippen molar-refractivity contribution < 1.29 is 14.7 Å². The van der Waals surface area contributed by atoms with Crippen LogP contribution in [0, 0.1) is 0 Å². The largest absolute Gasteiger partial charge is 0.480 e. The van der Waals surface area contributed by atoms with Gasteiger partial charge in [0.05, 0.1) is 6.54 Å². The second-order valence-electron chi connectivity index (χ2n) is 6.44. The summed E-state index contributed by atoms with van der Waals surface area (Å²) in [7, 11) is 1.99. The number of likely N-dealkylation sites (N-methyl/N-ethyl adjacent to an activating group) is 2. The number of urea groups is 1. The molecule has 0 unspecified atom stereocenters. The average molecular weight is 348 g/mol. The Labute approximate surface area is 149 Å². The van der Waals surface area contributed by atoms with Gasteiger partial charge in [0, 0.05) is 37.9 Å². The maximum absolute atomic E-state index is 11.9. The molecule has 7 nitrogen and oxygen atoms in total. The van der Waals surface area contributed by atoms with Gasteiger partial charge in [-0.2, -0.15) is 0 Å². The van der Waals surface area contributed by atoms with Crippen LogP contribution in [0.3, 0.4) is 0 Å². The summed E-state index contributed by atoms with van der Waals surface area (Å²) in [6, 6.07) is 10.2. The summed E-state index contributed by atoms with van der Waals surface area (Å²) in [5.74, 6) is -0.807. The monoisotopic (exact) mass is 348 g/mol. The minimum Gasteiger partial charge on any atom is -0.480 e. The standard InChI is InChI=1S/C18H28N4O3/c1-3-22(13-17(23)24)16-11-14(12-16)20-18(25)19-9-10-21(2)15-7-5-4-6-8-15/h4-8,14,16H,3,9-13H2,1-2H3,(H,23,24)(H2,19,20,25). The number of anilines is 1. The molecule has 0 saturated heterocycles. The minimum absolute atomic E-state index is 0.0614. The number of nitrogens with one attached hydrogen (secondary N) is 2. The molecular formula is C18H28N4O3. The van der Waals surface area contributed by atoms with E-state index in [1.165, 1.54) is 0 Å². The normalized spacial score (nSPS) is 19.2. The molecule has 138 valence electrons. The summed E-state index contributed by atoms with van der Waals surface area (Å²) in [6.07, 6.45) is 1.61. The molecule has 1 fully saturated rings. The first-order valence-corrected chi connectivity index (χ1v) is 8.76. The summed E-state index contributed by atoms with van der Waals surface area (Å²) >= 11 is 0. The van der Waals surface area contributed by atoms with Gasteiger partial charge in [0.2, 0.25) is 0 Å². The Morgan fingerprint density at radius 2 is 1.92 bits per heavy atom. The van der Waals surface area contributed by atoms with E-state index in [1.54, 1.807) is 0 Å². The summed E-state index contributed by atoms with van der Waals surface area (Å²) in [6.45, 7) is 4.02. The van der Waals surface area contributed by atoms with Crippen LogP contribution in [-0.4, -0.2) is 67.3 Å².